The summed E-state index contributed by atoms with van der Waals surface area (Å²) in [4.78, 5) is 14.8. The van der Waals surface area contributed by atoms with Crippen molar-refractivity contribution in [3.63, 3.8) is 0 Å². The van der Waals surface area contributed by atoms with Gasteiger partial charge in [0.15, 0.2) is 0 Å². The molecule has 1 atom stereocenters. The Balaban J connectivity index is 1.77. The number of H-pyrrole nitrogens is 1. The smallest absolute Gasteiger partial charge is 0.256 e. The first kappa shape index (κ1) is 14.1. The number of fused-ring (bicyclic) bond motifs is 1. The van der Waals surface area contributed by atoms with Crippen LogP contribution in [0.2, 0.25) is 0 Å². The van der Waals surface area contributed by atoms with Gasteiger partial charge in [0, 0.05) is 18.5 Å². The summed E-state index contributed by atoms with van der Waals surface area (Å²) in [5, 5.41) is 8.00. The first-order chi connectivity index (χ1) is 10.3. The predicted octanol–water partition coefficient (Wildman–Crippen LogP) is 3.61. The third-order valence-electron chi connectivity index (χ3n) is 4.54. The van der Waals surface area contributed by atoms with Gasteiger partial charge in [0.2, 0.25) is 0 Å². The van der Waals surface area contributed by atoms with Crippen molar-refractivity contribution in [3.05, 3.63) is 30.0 Å². The number of benzene rings is 1. The van der Waals surface area contributed by atoms with Crippen LogP contribution in [0.4, 0.5) is 0 Å². The van der Waals surface area contributed by atoms with Gasteiger partial charge in [-0.2, -0.15) is 5.10 Å². The van der Waals surface area contributed by atoms with E-state index in [0.717, 1.165) is 48.3 Å². The fraction of sp³-hybridized carbons (Fsp3) is 0.529. The zero-order chi connectivity index (χ0) is 14.7. The van der Waals surface area contributed by atoms with E-state index >= 15 is 0 Å². The molecule has 1 N–H and O–H groups in total. The minimum atomic E-state index is 0.141. The molecule has 4 heteroatoms. The summed E-state index contributed by atoms with van der Waals surface area (Å²) >= 11 is 0. The molecule has 1 aliphatic heterocycles. The molecule has 1 fully saturated rings. The number of carbonyl (C=O) groups is 1. The zero-order valence-electron chi connectivity index (χ0n) is 12.6. The van der Waals surface area contributed by atoms with Crippen molar-refractivity contribution >= 4 is 16.8 Å². The van der Waals surface area contributed by atoms with Gasteiger partial charge in [0.1, 0.15) is 0 Å². The Morgan fingerprint density at radius 1 is 1.38 bits per heavy atom. The molecule has 1 aromatic heterocycles. The molecule has 2 heterocycles. The van der Waals surface area contributed by atoms with Gasteiger partial charge in [-0.3, -0.25) is 9.89 Å². The summed E-state index contributed by atoms with van der Waals surface area (Å²) in [7, 11) is 0. The van der Waals surface area contributed by atoms with Crippen LogP contribution < -0.4 is 0 Å². The lowest BCUT2D eigenvalue weighted by Crippen LogP contribution is -2.32. The number of carbonyl (C=O) groups excluding carboxylic acids is 1. The monoisotopic (exact) mass is 285 g/mol. The van der Waals surface area contributed by atoms with Gasteiger partial charge in [-0.25, -0.2) is 0 Å². The average molecular weight is 285 g/mol. The fourth-order valence-electron chi connectivity index (χ4n) is 3.38. The molecule has 2 aromatic rings. The van der Waals surface area contributed by atoms with E-state index in [1.807, 2.05) is 23.1 Å². The van der Waals surface area contributed by atoms with E-state index in [0.29, 0.717) is 0 Å². The lowest BCUT2D eigenvalue weighted by molar-refractivity contribution is 0.0761. The molecule has 1 aliphatic rings. The molecule has 0 saturated carbocycles. The third-order valence-corrected chi connectivity index (χ3v) is 4.54. The molecule has 112 valence electrons. The Bertz CT molecular complexity index is 619. The molecule has 0 unspecified atom stereocenters. The topological polar surface area (TPSA) is 49.0 Å². The van der Waals surface area contributed by atoms with Gasteiger partial charge in [-0.1, -0.05) is 31.9 Å². The number of amides is 1. The number of aromatic nitrogens is 2. The van der Waals surface area contributed by atoms with Crippen molar-refractivity contribution in [3.8, 4) is 0 Å². The third kappa shape index (κ3) is 2.94. The molecule has 0 aliphatic carbocycles. The predicted molar refractivity (Wildman–Crippen MR) is 84.2 cm³/mol. The maximum absolute atomic E-state index is 12.8. The largest absolute Gasteiger partial charge is 0.339 e. The molecule has 0 bridgehead atoms. The van der Waals surface area contributed by atoms with Gasteiger partial charge in [0.05, 0.1) is 17.3 Å². The number of hydrogen-bond donors (Lipinski definition) is 1. The number of likely N-dealkylation sites (tertiary alicyclic amines) is 1. The highest BCUT2D eigenvalue weighted by atomic mass is 16.2. The first-order valence-corrected chi connectivity index (χ1v) is 8.01. The van der Waals surface area contributed by atoms with E-state index in [4.69, 9.17) is 0 Å². The van der Waals surface area contributed by atoms with Crippen LogP contribution >= 0.6 is 0 Å². The van der Waals surface area contributed by atoms with Crippen LogP contribution in [0.25, 0.3) is 10.9 Å². The number of hydrogen-bond acceptors (Lipinski definition) is 2. The number of aromatic amines is 1. The lowest BCUT2D eigenvalue weighted by atomic mass is 9.96. The molecule has 21 heavy (non-hydrogen) atoms. The van der Waals surface area contributed by atoms with Crippen LogP contribution in [0, 0.1) is 5.92 Å². The summed E-state index contributed by atoms with van der Waals surface area (Å²) in [6, 6.07) is 5.81. The quantitative estimate of drug-likeness (QED) is 0.936. The van der Waals surface area contributed by atoms with Gasteiger partial charge in [-0.15, -0.1) is 0 Å². The van der Waals surface area contributed by atoms with Crippen LogP contribution in [0.5, 0.6) is 0 Å². The van der Waals surface area contributed by atoms with E-state index < -0.39 is 0 Å². The lowest BCUT2D eigenvalue weighted by Gasteiger charge is -2.21. The van der Waals surface area contributed by atoms with E-state index in [1.165, 1.54) is 19.3 Å². The van der Waals surface area contributed by atoms with Crippen molar-refractivity contribution in [2.75, 3.05) is 13.1 Å². The summed E-state index contributed by atoms with van der Waals surface area (Å²) in [5.41, 5.74) is 1.61. The molecule has 3 rings (SSSR count). The second-order valence-corrected chi connectivity index (χ2v) is 6.02. The van der Waals surface area contributed by atoms with Crippen LogP contribution in [0.1, 0.15) is 49.4 Å². The fourth-order valence-corrected chi connectivity index (χ4v) is 3.38. The Morgan fingerprint density at radius 2 is 2.29 bits per heavy atom. The Morgan fingerprint density at radius 3 is 3.14 bits per heavy atom. The van der Waals surface area contributed by atoms with Crippen LogP contribution in [0.3, 0.4) is 0 Å². The second-order valence-electron chi connectivity index (χ2n) is 6.02. The summed E-state index contributed by atoms with van der Waals surface area (Å²) in [5.74, 6) is 0.928. The Labute approximate surface area is 125 Å². The molecule has 0 spiro atoms. The first-order valence-electron chi connectivity index (χ1n) is 8.01. The second kappa shape index (κ2) is 6.29. The van der Waals surface area contributed by atoms with Gasteiger partial charge in [-0.05, 0) is 31.2 Å². The number of para-hydroxylation sites is 1. The summed E-state index contributed by atoms with van der Waals surface area (Å²) in [6.07, 6.45) is 7.82. The molecule has 1 aromatic carbocycles. The van der Waals surface area contributed by atoms with Crippen molar-refractivity contribution in [1.29, 1.82) is 0 Å². The average Bonchev–Trinajstić information content (AvgIpc) is 2.86. The van der Waals surface area contributed by atoms with Crippen molar-refractivity contribution < 1.29 is 4.79 Å². The van der Waals surface area contributed by atoms with E-state index in [1.54, 1.807) is 6.20 Å². The standard InChI is InChI=1S/C17H23N3O/c1-2-5-13-6-4-10-20(11-9-13)17(21)15-8-3-7-14-12-18-19-16(14)15/h3,7-8,12-13H,2,4-6,9-11H2,1H3,(H,18,19)/t13-/m1/s1. The minimum Gasteiger partial charge on any atom is -0.339 e. The maximum atomic E-state index is 12.8. The maximum Gasteiger partial charge on any atom is 0.256 e. The van der Waals surface area contributed by atoms with Crippen LogP contribution in [-0.2, 0) is 0 Å². The molecular formula is C17H23N3O. The number of nitrogens with zero attached hydrogens (tertiary/aromatic N) is 2. The zero-order valence-corrected chi connectivity index (χ0v) is 12.6. The van der Waals surface area contributed by atoms with E-state index in [2.05, 4.69) is 17.1 Å². The molecule has 0 radical (unpaired) electrons. The molecule has 4 nitrogen and oxygen atoms in total. The Hall–Kier alpha value is -1.84. The van der Waals surface area contributed by atoms with Gasteiger partial charge in [0.25, 0.3) is 5.91 Å². The highest BCUT2D eigenvalue weighted by molar-refractivity contribution is 6.05. The summed E-state index contributed by atoms with van der Waals surface area (Å²) in [6.45, 7) is 4.00. The highest BCUT2D eigenvalue weighted by Gasteiger charge is 2.22. The van der Waals surface area contributed by atoms with Gasteiger partial charge < -0.3 is 4.90 Å². The van der Waals surface area contributed by atoms with Crippen LogP contribution in [-0.4, -0.2) is 34.1 Å². The van der Waals surface area contributed by atoms with E-state index in [-0.39, 0.29) is 5.91 Å². The highest BCUT2D eigenvalue weighted by Crippen LogP contribution is 2.24. The summed E-state index contributed by atoms with van der Waals surface area (Å²) < 4.78 is 0. The van der Waals surface area contributed by atoms with E-state index in [9.17, 15) is 4.79 Å². The minimum absolute atomic E-state index is 0.141. The van der Waals surface area contributed by atoms with Crippen molar-refractivity contribution in [1.82, 2.24) is 15.1 Å². The molecular weight excluding hydrogens is 262 g/mol. The van der Waals surface area contributed by atoms with Crippen molar-refractivity contribution in [2.45, 2.75) is 39.0 Å². The number of nitrogens with one attached hydrogen (secondary N) is 1. The molecule has 1 saturated heterocycles. The Kier molecular flexibility index (Phi) is 4.23. The normalized spacial score (nSPS) is 19.7. The molecule has 1 amide bonds. The van der Waals surface area contributed by atoms with Crippen molar-refractivity contribution in [2.24, 2.45) is 5.92 Å². The number of rotatable bonds is 3. The SMILES string of the molecule is CCC[C@@H]1CCCN(C(=O)c2cccc3cn[nH]c23)CC1. The van der Waals surface area contributed by atoms with Gasteiger partial charge >= 0.3 is 0 Å². The van der Waals surface area contributed by atoms with Crippen LogP contribution in [0.15, 0.2) is 24.4 Å².